The van der Waals surface area contributed by atoms with E-state index in [4.69, 9.17) is 4.74 Å². The van der Waals surface area contributed by atoms with Gasteiger partial charge in [0, 0.05) is 23.6 Å². The smallest absolute Gasteiger partial charge is 0.404 e. The van der Waals surface area contributed by atoms with E-state index < -0.39 is 5.79 Å². The van der Waals surface area contributed by atoms with Crippen LogP contribution in [0.3, 0.4) is 0 Å². The summed E-state index contributed by atoms with van der Waals surface area (Å²) in [7, 11) is 0. The standard InChI is InChI=1S/C29H19N4O/c1-2-10-23-21(9-1)22-15-14-20-18-19-8-3-5-16-30(19)29-27-24(32(23)28(22)33(20)29)11-7-12-25(27)34-26-13-4-6-17-31(26)29/h1-17H,18H2/q+3. The van der Waals surface area contributed by atoms with E-state index in [2.05, 4.69) is 116 Å². The fourth-order valence-corrected chi connectivity index (χ4v) is 6.56. The van der Waals surface area contributed by atoms with Crippen molar-refractivity contribution in [2.45, 2.75) is 12.2 Å². The topological polar surface area (TPSA) is 25.8 Å². The van der Waals surface area contributed by atoms with Gasteiger partial charge in [0.1, 0.15) is 11.2 Å². The number of hydrogen-bond acceptors (Lipinski definition) is 1. The molecule has 0 N–H and O–H groups in total. The number of benzene rings is 2. The van der Waals surface area contributed by atoms with Crippen molar-refractivity contribution in [2.75, 3.05) is 0 Å². The maximum Gasteiger partial charge on any atom is 0.550 e. The summed E-state index contributed by atoms with van der Waals surface area (Å²) in [6, 6.07) is 32.5. The lowest BCUT2D eigenvalue weighted by molar-refractivity contribution is -1.16. The van der Waals surface area contributed by atoms with Crippen LogP contribution in [0.15, 0.2) is 103 Å². The highest BCUT2D eigenvalue weighted by molar-refractivity contribution is 6.07. The van der Waals surface area contributed by atoms with Gasteiger partial charge in [-0.3, -0.25) is 0 Å². The average Bonchev–Trinajstić information content (AvgIpc) is 3.23. The van der Waals surface area contributed by atoms with Gasteiger partial charge < -0.3 is 4.74 Å². The molecule has 7 heterocycles. The molecule has 1 atom stereocenters. The van der Waals surface area contributed by atoms with Crippen LogP contribution in [0.2, 0.25) is 0 Å². The molecule has 6 aromatic rings. The maximum atomic E-state index is 6.55. The fourth-order valence-electron chi connectivity index (χ4n) is 6.56. The van der Waals surface area contributed by atoms with Crippen LogP contribution in [0.4, 0.5) is 0 Å². The van der Waals surface area contributed by atoms with Crippen LogP contribution in [-0.2, 0) is 12.2 Å². The number of rotatable bonds is 0. The minimum absolute atomic E-state index is 0.644. The zero-order valence-corrected chi connectivity index (χ0v) is 18.2. The van der Waals surface area contributed by atoms with E-state index in [1.165, 1.54) is 33.3 Å². The van der Waals surface area contributed by atoms with Gasteiger partial charge in [-0.2, -0.15) is 4.57 Å². The highest BCUT2D eigenvalue weighted by Gasteiger charge is 2.72. The van der Waals surface area contributed by atoms with Crippen molar-refractivity contribution in [1.29, 1.82) is 0 Å². The van der Waals surface area contributed by atoms with Crippen LogP contribution in [0.5, 0.6) is 11.6 Å². The Morgan fingerprint density at radius 3 is 2.53 bits per heavy atom. The molecule has 0 radical (unpaired) electrons. The second-order valence-corrected chi connectivity index (χ2v) is 9.29. The van der Waals surface area contributed by atoms with Gasteiger partial charge in [0.15, 0.2) is 23.8 Å². The molecule has 2 aromatic carbocycles. The first-order valence-corrected chi connectivity index (χ1v) is 11.7. The lowest BCUT2D eigenvalue weighted by Crippen LogP contribution is -2.91. The monoisotopic (exact) mass is 439 g/mol. The van der Waals surface area contributed by atoms with E-state index in [1.807, 2.05) is 6.07 Å². The summed E-state index contributed by atoms with van der Waals surface area (Å²) in [5, 5.41) is 2.53. The number of hydrogen-bond donors (Lipinski definition) is 0. The summed E-state index contributed by atoms with van der Waals surface area (Å²) < 4.78 is 16.3. The highest BCUT2D eigenvalue weighted by Crippen LogP contribution is 2.45. The molecule has 3 aliphatic rings. The third kappa shape index (κ3) is 1.67. The highest BCUT2D eigenvalue weighted by atomic mass is 16.5. The lowest BCUT2D eigenvalue weighted by atomic mass is 9.93. The SMILES string of the molecule is c1cc2c3c(c1)-n1c4ccccc4c4ccc5[n+](c41)C3([n+]1ccccc1C5)[n+]1ccccc1O2. The van der Waals surface area contributed by atoms with Gasteiger partial charge in [0.05, 0.1) is 17.9 Å². The number of nitrogens with zero attached hydrogens (tertiary/aromatic N) is 4. The Labute approximate surface area is 194 Å². The summed E-state index contributed by atoms with van der Waals surface area (Å²) in [5.74, 6) is 1.08. The Balaban J connectivity index is 1.65. The van der Waals surface area contributed by atoms with Crippen LogP contribution in [0.1, 0.15) is 17.0 Å². The van der Waals surface area contributed by atoms with Gasteiger partial charge >= 0.3 is 17.3 Å². The molecule has 0 fully saturated rings. The van der Waals surface area contributed by atoms with E-state index in [1.54, 1.807) is 0 Å². The number of ether oxygens (including phenoxy) is 1. The summed E-state index contributed by atoms with van der Waals surface area (Å²) in [6.45, 7) is 0. The average molecular weight is 439 g/mol. The Morgan fingerprint density at radius 1 is 0.706 bits per heavy atom. The fraction of sp³-hybridized carbons (Fsp3) is 0.0690. The molecule has 5 heteroatoms. The molecule has 9 rings (SSSR count). The predicted octanol–water partition coefficient (Wildman–Crippen LogP) is 3.72. The van der Waals surface area contributed by atoms with Crippen molar-refractivity contribution in [2.24, 2.45) is 0 Å². The Morgan fingerprint density at radius 2 is 1.56 bits per heavy atom. The molecule has 4 aromatic heterocycles. The normalized spacial score (nSPS) is 18.2. The second-order valence-electron chi connectivity index (χ2n) is 9.29. The van der Waals surface area contributed by atoms with E-state index >= 15 is 0 Å². The number of pyridine rings is 3. The third-order valence-corrected chi connectivity index (χ3v) is 7.74. The molecule has 0 saturated heterocycles. The molecule has 158 valence electrons. The number of para-hydroxylation sites is 1. The molecule has 5 nitrogen and oxygen atoms in total. The van der Waals surface area contributed by atoms with Crippen LogP contribution in [0.25, 0.3) is 27.6 Å². The Bertz CT molecular complexity index is 1840. The number of aromatic nitrogens is 4. The maximum absolute atomic E-state index is 6.55. The van der Waals surface area contributed by atoms with Gasteiger partial charge in [-0.25, -0.2) is 0 Å². The van der Waals surface area contributed by atoms with Gasteiger partial charge in [-0.1, -0.05) is 38.0 Å². The first-order chi connectivity index (χ1) is 16.9. The van der Waals surface area contributed by atoms with Crippen LogP contribution < -0.4 is 18.4 Å². The molecule has 0 amide bonds. The minimum atomic E-state index is -0.644. The Hall–Kier alpha value is -4.51. The van der Waals surface area contributed by atoms with E-state index in [0.717, 1.165) is 29.3 Å². The van der Waals surface area contributed by atoms with Crippen LogP contribution >= 0.6 is 0 Å². The van der Waals surface area contributed by atoms with Crippen molar-refractivity contribution >= 4 is 21.9 Å². The van der Waals surface area contributed by atoms with Crippen molar-refractivity contribution in [3.63, 3.8) is 0 Å². The summed E-state index contributed by atoms with van der Waals surface area (Å²) in [5.41, 5.74) is 7.31. The van der Waals surface area contributed by atoms with E-state index in [9.17, 15) is 0 Å². The number of fused-ring (bicyclic) bond motifs is 6. The molecular weight excluding hydrogens is 420 g/mol. The van der Waals surface area contributed by atoms with Crippen molar-refractivity contribution in [1.82, 2.24) is 4.57 Å². The zero-order valence-electron chi connectivity index (χ0n) is 18.2. The van der Waals surface area contributed by atoms with Crippen molar-refractivity contribution in [3.8, 4) is 17.3 Å². The summed E-state index contributed by atoms with van der Waals surface area (Å²) in [6.07, 6.45) is 5.23. The van der Waals surface area contributed by atoms with Crippen molar-refractivity contribution < 1.29 is 18.4 Å². The molecule has 0 bridgehead atoms. The minimum Gasteiger partial charge on any atom is -0.404 e. The molecule has 1 spiro atoms. The Kier molecular flexibility index (Phi) is 2.76. The van der Waals surface area contributed by atoms with Crippen LogP contribution in [0, 0.1) is 0 Å². The zero-order chi connectivity index (χ0) is 22.0. The largest absolute Gasteiger partial charge is 0.550 e. The molecule has 34 heavy (non-hydrogen) atoms. The molecule has 3 aliphatic heterocycles. The molecule has 1 unspecified atom stereocenters. The summed E-state index contributed by atoms with van der Waals surface area (Å²) >= 11 is 0. The van der Waals surface area contributed by atoms with E-state index in [-0.39, 0.29) is 0 Å². The first-order valence-electron chi connectivity index (χ1n) is 11.7. The lowest BCUT2D eigenvalue weighted by Gasteiger charge is -2.34. The molecule has 0 aliphatic carbocycles. The van der Waals surface area contributed by atoms with Gasteiger partial charge in [-0.15, -0.1) is 0 Å². The predicted molar refractivity (Wildman–Crippen MR) is 125 cm³/mol. The van der Waals surface area contributed by atoms with Crippen LogP contribution in [-0.4, -0.2) is 4.57 Å². The molecule has 0 saturated carbocycles. The summed E-state index contributed by atoms with van der Waals surface area (Å²) in [4.78, 5) is 0. The third-order valence-electron chi connectivity index (χ3n) is 7.74. The second kappa shape index (κ2) is 5.51. The van der Waals surface area contributed by atoms with Gasteiger partial charge in [0.25, 0.3) is 0 Å². The first kappa shape index (κ1) is 17.0. The van der Waals surface area contributed by atoms with Gasteiger partial charge in [0.2, 0.25) is 11.3 Å². The van der Waals surface area contributed by atoms with E-state index in [0.29, 0.717) is 0 Å². The quantitative estimate of drug-likeness (QED) is 0.331. The van der Waals surface area contributed by atoms with Gasteiger partial charge in [-0.05, 0) is 42.5 Å². The van der Waals surface area contributed by atoms with Crippen molar-refractivity contribution in [3.05, 3.63) is 120 Å². The molecular formula is C29H19N4O+3.